The Morgan fingerprint density at radius 3 is 2.83 bits per heavy atom. The summed E-state index contributed by atoms with van der Waals surface area (Å²) >= 11 is 0. The number of hydrogen-bond donors (Lipinski definition) is 1. The Labute approximate surface area is 232 Å². The molecule has 0 amide bonds. The number of aromatic nitrogens is 1. The average molecular weight is 534 g/mol. The van der Waals surface area contributed by atoms with Crippen molar-refractivity contribution >= 4 is 17.9 Å². The number of rotatable bonds is 5. The van der Waals surface area contributed by atoms with Crippen LogP contribution < -0.4 is 14.2 Å². The van der Waals surface area contributed by atoms with Gasteiger partial charge in [0.2, 0.25) is 5.88 Å². The number of hydrogen-bond acceptors (Lipinski definition) is 7. The Hall–Kier alpha value is -5.16. The molecule has 0 saturated heterocycles. The summed E-state index contributed by atoms with van der Waals surface area (Å²) in [6, 6.07) is 24.1. The zero-order valence-corrected chi connectivity index (χ0v) is 22.0. The molecule has 0 spiro atoms. The summed E-state index contributed by atoms with van der Waals surface area (Å²) in [5.41, 5.74) is 5.98. The number of carboxylic acids is 1. The molecule has 0 aliphatic carbocycles. The number of methoxy groups -OCH3 is 1. The highest BCUT2D eigenvalue weighted by Crippen LogP contribution is 2.31. The number of carboxylic acid groups (broad SMARTS) is 1. The molecule has 4 aromatic rings. The van der Waals surface area contributed by atoms with E-state index >= 15 is 0 Å². The smallest absolute Gasteiger partial charge is 0.335 e. The molecule has 40 heavy (non-hydrogen) atoms. The maximum atomic E-state index is 11.3. The number of fused-ring (bicyclic) bond motifs is 6. The summed E-state index contributed by atoms with van der Waals surface area (Å²) < 4.78 is 17.6. The Morgan fingerprint density at radius 1 is 1.10 bits per heavy atom. The SMILES string of the molecule is COc1cc(C(=O)O)ccc1N=CCc1ccc2cc1OCCCc1cc(C#N)ccc1COc1cccc-2n1. The summed E-state index contributed by atoms with van der Waals surface area (Å²) in [7, 11) is 1.48. The molecule has 5 rings (SSSR count). The van der Waals surface area contributed by atoms with Crippen molar-refractivity contribution in [2.24, 2.45) is 4.99 Å². The van der Waals surface area contributed by atoms with Gasteiger partial charge in [0.15, 0.2) is 0 Å². The normalized spacial score (nSPS) is 12.8. The molecule has 8 nitrogen and oxygen atoms in total. The second kappa shape index (κ2) is 12.1. The number of benzene rings is 3. The average Bonchev–Trinajstić information content (AvgIpc) is 2.98. The van der Waals surface area contributed by atoms with Crippen LogP contribution in [0.2, 0.25) is 0 Å². The summed E-state index contributed by atoms with van der Waals surface area (Å²) in [5.74, 6) is 0.611. The fourth-order valence-corrected chi connectivity index (χ4v) is 4.50. The second-order valence-electron chi connectivity index (χ2n) is 9.23. The molecule has 1 N–H and O–H groups in total. The fourth-order valence-electron chi connectivity index (χ4n) is 4.50. The maximum Gasteiger partial charge on any atom is 0.335 e. The van der Waals surface area contributed by atoms with Crippen molar-refractivity contribution in [3.8, 4) is 34.7 Å². The molecular formula is C32H27N3O5. The van der Waals surface area contributed by atoms with E-state index in [2.05, 4.69) is 11.1 Å². The molecule has 1 aromatic heterocycles. The van der Waals surface area contributed by atoms with Gasteiger partial charge in [-0.25, -0.2) is 9.78 Å². The molecule has 0 fully saturated rings. The van der Waals surface area contributed by atoms with Crippen molar-refractivity contribution in [1.82, 2.24) is 4.98 Å². The lowest BCUT2D eigenvalue weighted by atomic mass is 10.0. The van der Waals surface area contributed by atoms with Gasteiger partial charge in [-0.05, 0) is 72.0 Å². The molecular weight excluding hydrogens is 506 g/mol. The number of aliphatic imine (C=N–C) groups is 1. The summed E-state index contributed by atoms with van der Waals surface area (Å²) in [4.78, 5) is 20.5. The topological polar surface area (TPSA) is 114 Å². The van der Waals surface area contributed by atoms with Crippen molar-refractivity contribution in [2.75, 3.05) is 13.7 Å². The molecule has 0 radical (unpaired) electrons. The molecule has 1 aliphatic rings. The minimum absolute atomic E-state index is 0.135. The van der Waals surface area contributed by atoms with Gasteiger partial charge in [-0.2, -0.15) is 5.26 Å². The monoisotopic (exact) mass is 533 g/mol. The number of aryl methyl sites for hydroxylation is 1. The Bertz CT molecular complexity index is 1620. The third-order valence-electron chi connectivity index (χ3n) is 6.61. The van der Waals surface area contributed by atoms with Crippen LogP contribution in [0.4, 0.5) is 5.69 Å². The van der Waals surface area contributed by atoms with Crippen molar-refractivity contribution < 1.29 is 24.1 Å². The van der Waals surface area contributed by atoms with Crippen LogP contribution in [0.25, 0.3) is 11.3 Å². The van der Waals surface area contributed by atoms with Crippen LogP contribution in [-0.4, -0.2) is 36.0 Å². The summed E-state index contributed by atoms with van der Waals surface area (Å²) in [6.07, 6.45) is 3.75. The van der Waals surface area contributed by atoms with Crippen LogP contribution >= 0.6 is 0 Å². The zero-order valence-electron chi connectivity index (χ0n) is 22.0. The van der Waals surface area contributed by atoms with Crippen LogP contribution in [0, 0.1) is 11.3 Å². The quantitative estimate of drug-likeness (QED) is 0.305. The van der Waals surface area contributed by atoms with E-state index < -0.39 is 5.97 Å². The Balaban J connectivity index is 1.42. The van der Waals surface area contributed by atoms with Gasteiger partial charge >= 0.3 is 5.97 Å². The van der Waals surface area contributed by atoms with Crippen molar-refractivity contribution in [3.63, 3.8) is 0 Å². The molecule has 0 atom stereocenters. The largest absolute Gasteiger partial charge is 0.494 e. The molecule has 0 saturated carbocycles. The van der Waals surface area contributed by atoms with E-state index in [0.29, 0.717) is 42.5 Å². The van der Waals surface area contributed by atoms with E-state index in [4.69, 9.17) is 19.2 Å². The molecule has 8 heteroatoms. The zero-order chi connectivity index (χ0) is 27.9. The highest BCUT2D eigenvalue weighted by Gasteiger charge is 2.12. The number of nitriles is 1. The number of ether oxygens (including phenoxy) is 3. The number of aromatic carboxylic acids is 1. The van der Waals surface area contributed by atoms with Crippen LogP contribution in [-0.2, 0) is 19.4 Å². The first-order valence-electron chi connectivity index (χ1n) is 12.9. The first-order valence-corrected chi connectivity index (χ1v) is 12.9. The van der Waals surface area contributed by atoms with Crippen LogP contribution in [0.15, 0.2) is 77.8 Å². The van der Waals surface area contributed by atoms with E-state index in [1.807, 2.05) is 48.5 Å². The van der Waals surface area contributed by atoms with Crippen molar-refractivity contribution in [3.05, 3.63) is 101 Å². The third kappa shape index (κ3) is 6.11. The van der Waals surface area contributed by atoms with Gasteiger partial charge in [-0.3, -0.25) is 4.99 Å². The van der Waals surface area contributed by atoms with Crippen LogP contribution in [0.1, 0.15) is 39.0 Å². The number of pyridine rings is 1. The summed E-state index contributed by atoms with van der Waals surface area (Å²) in [6.45, 7) is 0.855. The van der Waals surface area contributed by atoms with Crippen LogP contribution in [0.3, 0.4) is 0 Å². The lowest BCUT2D eigenvalue weighted by molar-refractivity contribution is 0.0696. The third-order valence-corrected chi connectivity index (χ3v) is 6.61. The second-order valence-corrected chi connectivity index (χ2v) is 9.23. The van der Waals surface area contributed by atoms with Gasteiger partial charge < -0.3 is 19.3 Å². The fraction of sp³-hybridized carbons (Fsp3) is 0.188. The minimum Gasteiger partial charge on any atom is -0.494 e. The van der Waals surface area contributed by atoms with Gasteiger partial charge in [0.05, 0.1) is 36.6 Å². The standard InChI is InChI=1S/C32H27N3O5/c1-38-30-18-25(32(36)37)11-12-28(30)34-14-13-22-9-10-24-17-29(22)39-15-3-4-23-16-21(19-33)7-8-26(23)20-40-31-6-2-5-27(24)35-31/h2,5-12,14,16-18H,3-4,13,15,20H2,1H3,(H,36,37). The molecule has 3 aromatic carbocycles. The number of nitrogens with zero attached hydrogens (tertiary/aromatic N) is 3. The maximum absolute atomic E-state index is 11.3. The predicted octanol–water partition coefficient (Wildman–Crippen LogP) is 6.18. The van der Waals surface area contributed by atoms with E-state index in [1.165, 1.54) is 19.2 Å². The highest BCUT2D eigenvalue weighted by atomic mass is 16.5. The molecule has 200 valence electrons. The van der Waals surface area contributed by atoms with Gasteiger partial charge in [0.1, 0.15) is 23.8 Å². The van der Waals surface area contributed by atoms with E-state index in [1.54, 1.807) is 18.3 Å². The van der Waals surface area contributed by atoms with Gasteiger partial charge in [-0.1, -0.05) is 24.3 Å². The van der Waals surface area contributed by atoms with E-state index in [0.717, 1.165) is 46.5 Å². The van der Waals surface area contributed by atoms with Crippen molar-refractivity contribution in [2.45, 2.75) is 25.9 Å². The van der Waals surface area contributed by atoms with E-state index in [-0.39, 0.29) is 5.56 Å². The van der Waals surface area contributed by atoms with Crippen molar-refractivity contribution in [1.29, 1.82) is 5.26 Å². The molecule has 4 bridgehead atoms. The van der Waals surface area contributed by atoms with E-state index in [9.17, 15) is 15.2 Å². The molecule has 0 unspecified atom stereocenters. The first kappa shape index (κ1) is 26.4. The lowest BCUT2D eigenvalue weighted by Crippen LogP contribution is -2.07. The highest BCUT2D eigenvalue weighted by molar-refractivity contribution is 5.89. The first-order chi connectivity index (χ1) is 19.5. The number of carbonyl (C=O) groups is 1. The van der Waals surface area contributed by atoms with Gasteiger partial charge in [0.25, 0.3) is 0 Å². The molecule has 2 heterocycles. The lowest BCUT2D eigenvalue weighted by Gasteiger charge is -2.16. The minimum atomic E-state index is -1.03. The summed E-state index contributed by atoms with van der Waals surface area (Å²) in [5, 5.41) is 18.6. The van der Waals surface area contributed by atoms with Gasteiger partial charge in [-0.15, -0.1) is 0 Å². The Morgan fingerprint density at radius 2 is 2.00 bits per heavy atom. The predicted molar refractivity (Wildman–Crippen MR) is 151 cm³/mol. The van der Waals surface area contributed by atoms with Crippen LogP contribution in [0.5, 0.6) is 17.4 Å². The Kier molecular flexibility index (Phi) is 8.02. The molecule has 1 aliphatic heterocycles. The van der Waals surface area contributed by atoms with Gasteiger partial charge in [0, 0.05) is 24.3 Å².